The maximum atomic E-state index is 12.0. The maximum absolute atomic E-state index is 12.0. The number of halogens is 1. The number of carbonyl (C=O) groups excluding carboxylic acids is 1. The molecule has 0 aromatic heterocycles. The molecule has 0 radical (unpaired) electrons. The number of carboxylic acids is 1. The summed E-state index contributed by atoms with van der Waals surface area (Å²) in [5.74, 6) is -1.13. The lowest BCUT2D eigenvalue weighted by Gasteiger charge is -2.41. The molecule has 248 valence electrons. The molecule has 0 aliphatic heterocycles. The zero-order chi connectivity index (χ0) is 29.7. The van der Waals surface area contributed by atoms with E-state index in [1.54, 1.807) is 0 Å². The van der Waals surface area contributed by atoms with Crippen molar-refractivity contribution in [3.05, 3.63) is 0 Å². The Morgan fingerprint density at radius 2 is 0.805 bits per heavy atom. The summed E-state index contributed by atoms with van der Waals surface area (Å²) >= 11 is 0. The fraction of sp³-hybridized carbons (Fsp3) is 0.973. The monoisotopic (exact) mass is 646 g/mol. The van der Waals surface area contributed by atoms with Crippen LogP contribution in [0.1, 0.15) is 201 Å². The van der Waals surface area contributed by atoms with Gasteiger partial charge in [0.2, 0.25) is 0 Å². The first-order chi connectivity index (χ1) is 19.4. The fourth-order valence-electron chi connectivity index (χ4n) is 6.63. The van der Waals surface area contributed by atoms with Gasteiger partial charge in [-0.15, -0.1) is 17.0 Å². The van der Waals surface area contributed by atoms with Gasteiger partial charge in [-0.1, -0.05) is 175 Å². The van der Waals surface area contributed by atoms with E-state index in [0.29, 0.717) is 6.04 Å². The van der Waals surface area contributed by atoms with Crippen molar-refractivity contribution in [2.75, 3.05) is 20.6 Å². The Morgan fingerprint density at radius 3 is 1.12 bits per heavy atom. The van der Waals surface area contributed by atoms with Gasteiger partial charge in [0.1, 0.15) is 0 Å². The minimum absolute atomic E-state index is 0. The summed E-state index contributed by atoms with van der Waals surface area (Å²) < 4.78 is 0.836. The molecule has 4 heteroatoms. The van der Waals surface area contributed by atoms with E-state index < -0.39 is 5.97 Å². The molecule has 2 unspecified atom stereocenters. The van der Waals surface area contributed by atoms with Gasteiger partial charge in [-0.2, -0.15) is 0 Å². The second-order valence-corrected chi connectivity index (χ2v) is 13.8. The van der Waals surface area contributed by atoms with E-state index >= 15 is 0 Å². The van der Waals surface area contributed by atoms with Crippen molar-refractivity contribution in [2.24, 2.45) is 5.92 Å². The van der Waals surface area contributed by atoms with Gasteiger partial charge in [0.25, 0.3) is 0 Å². The predicted octanol–water partition coefficient (Wildman–Crippen LogP) is 11.4. The molecule has 0 bridgehead atoms. The molecule has 41 heavy (non-hydrogen) atoms. The van der Waals surface area contributed by atoms with E-state index in [1.165, 1.54) is 167 Å². The average molecular weight is 647 g/mol. The van der Waals surface area contributed by atoms with Crippen molar-refractivity contribution < 1.29 is 14.4 Å². The molecule has 0 aromatic carbocycles. The van der Waals surface area contributed by atoms with Crippen molar-refractivity contribution >= 4 is 23.0 Å². The van der Waals surface area contributed by atoms with Crippen LogP contribution in [0.3, 0.4) is 0 Å². The van der Waals surface area contributed by atoms with Crippen molar-refractivity contribution in [1.29, 1.82) is 0 Å². The van der Waals surface area contributed by atoms with Crippen molar-refractivity contribution in [3.8, 4) is 0 Å². The minimum Gasteiger partial charge on any atom is -0.550 e. The summed E-state index contributed by atoms with van der Waals surface area (Å²) in [5, 5.41) is 12.0. The van der Waals surface area contributed by atoms with E-state index in [1.807, 2.05) is 0 Å². The first kappa shape index (κ1) is 43.0. The third-order valence-electron chi connectivity index (χ3n) is 9.43. The Hall–Kier alpha value is -0.0900. The maximum Gasteiger partial charge on any atom is 0.0886 e. The van der Waals surface area contributed by atoms with E-state index in [4.69, 9.17) is 0 Å². The normalized spacial score (nSPS) is 13.2. The molecule has 0 fully saturated rings. The van der Waals surface area contributed by atoms with Crippen molar-refractivity contribution in [3.63, 3.8) is 0 Å². The highest BCUT2D eigenvalue weighted by molar-refractivity contribution is 8.93. The Labute approximate surface area is 269 Å². The molecule has 0 saturated heterocycles. The number of unbranched alkanes of at least 4 members (excludes halogenated alkanes) is 22. The van der Waals surface area contributed by atoms with Crippen molar-refractivity contribution in [2.45, 2.75) is 207 Å². The molecular formula is C37H76BrNO2. The van der Waals surface area contributed by atoms with Crippen LogP contribution in [0.2, 0.25) is 0 Å². The number of carbonyl (C=O) groups is 1. The van der Waals surface area contributed by atoms with Crippen LogP contribution >= 0.6 is 17.0 Å². The second kappa shape index (κ2) is 31.3. The largest absolute Gasteiger partial charge is 0.550 e. The first-order valence-electron chi connectivity index (χ1n) is 18.4. The second-order valence-electron chi connectivity index (χ2n) is 13.8. The molecule has 0 amide bonds. The van der Waals surface area contributed by atoms with Crippen LogP contribution in [0.4, 0.5) is 0 Å². The van der Waals surface area contributed by atoms with Crippen LogP contribution in [0, 0.1) is 5.92 Å². The number of carboxylic acid groups (broad SMARTS) is 1. The molecule has 0 heterocycles. The number of hydrogen-bond acceptors (Lipinski definition) is 2. The quantitative estimate of drug-likeness (QED) is 0.0539. The molecule has 2 atom stereocenters. The van der Waals surface area contributed by atoms with Gasteiger partial charge >= 0.3 is 0 Å². The Morgan fingerprint density at radius 1 is 0.488 bits per heavy atom. The standard InChI is InChI=1S/C37H75NO2.BrH/c1-6-9-11-13-15-17-19-20-21-22-23-25-27-29-32-35(37(39)40)34-38(4,5)36(31-8-3)33-30-28-26-24-18-16-14-12-10-7-2;/h35-36H,6-34H2,1-5H3;1H. The third kappa shape index (κ3) is 27.2. The summed E-state index contributed by atoms with van der Waals surface area (Å²) in [6.45, 7) is 7.57. The number of aliphatic carboxylic acids is 1. The number of rotatable bonds is 32. The van der Waals surface area contributed by atoms with Gasteiger partial charge < -0.3 is 14.4 Å². The first-order valence-corrected chi connectivity index (χ1v) is 18.4. The summed E-state index contributed by atoms with van der Waals surface area (Å²) in [6.07, 6.45) is 36.9. The van der Waals surface area contributed by atoms with Gasteiger partial charge in [-0.3, -0.25) is 0 Å². The summed E-state index contributed by atoms with van der Waals surface area (Å²) in [5.41, 5.74) is 0. The Bertz CT molecular complexity index is 539. The summed E-state index contributed by atoms with van der Waals surface area (Å²) in [4.78, 5) is 12.0. The van der Waals surface area contributed by atoms with Gasteiger partial charge in [-0.25, -0.2) is 0 Å². The summed E-state index contributed by atoms with van der Waals surface area (Å²) in [7, 11) is 4.55. The third-order valence-corrected chi connectivity index (χ3v) is 9.43. The van der Waals surface area contributed by atoms with Gasteiger partial charge in [-0.05, 0) is 25.7 Å². The van der Waals surface area contributed by atoms with Crippen LogP contribution in [-0.4, -0.2) is 37.1 Å². The molecule has 0 aromatic rings. The molecule has 0 aliphatic carbocycles. The molecule has 3 nitrogen and oxygen atoms in total. The number of hydrogen-bond donors (Lipinski definition) is 0. The zero-order valence-electron chi connectivity index (χ0n) is 28.8. The van der Waals surface area contributed by atoms with Crippen LogP contribution in [-0.2, 0) is 4.79 Å². The van der Waals surface area contributed by atoms with Gasteiger partial charge in [0, 0.05) is 5.92 Å². The van der Waals surface area contributed by atoms with E-state index in [2.05, 4.69) is 34.9 Å². The lowest BCUT2D eigenvalue weighted by molar-refractivity contribution is -0.918. The minimum atomic E-state index is -0.824. The SMILES string of the molecule is Br.CCCCCCCCCCCCCCCCC(C[N+](C)(C)C(CCC)CCCCCCCCCCCC)C(=O)[O-]. The highest BCUT2D eigenvalue weighted by Gasteiger charge is 2.30. The van der Waals surface area contributed by atoms with E-state index in [0.717, 1.165) is 23.9 Å². The molecule has 0 spiro atoms. The lowest BCUT2D eigenvalue weighted by atomic mass is 9.95. The van der Waals surface area contributed by atoms with Crippen LogP contribution in [0.5, 0.6) is 0 Å². The van der Waals surface area contributed by atoms with E-state index in [-0.39, 0.29) is 22.9 Å². The highest BCUT2D eigenvalue weighted by Crippen LogP contribution is 2.24. The molecule has 0 rings (SSSR count). The predicted molar refractivity (Wildman–Crippen MR) is 186 cm³/mol. The lowest BCUT2D eigenvalue weighted by Crippen LogP contribution is -2.54. The number of nitrogens with zero attached hydrogens (tertiary/aromatic N) is 1. The van der Waals surface area contributed by atoms with Crippen LogP contribution in [0.25, 0.3) is 0 Å². The van der Waals surface area contributed by atoms with Crippen LogP contribution < -0.4 is 5.11 Å². The zero-order valence-corrected chi connectivity index (χ0v) is 30.5. The van der Waals surface area contributed by atoms with Crippen LogP contribution in [0.15, 0.2) is 0 Å². The summed E-state index contributed by atoms with van der Waals surface area (Å²) in [6, 6.07) is 0.567. The van der Waals surface area contributed by atoms with E-state index in [9.17, 15) is 9.90 Å². The van der Waals surface area contributed by atoms with Crippen molar-refractivity contribution in [1.82, 2.24) is 0 Å². The molecular weight excluding hydrogens is 570 g/mol. The molecule has 0 saturated carbocycles. The fourth-order valence-corrected chi connectivity index (χ4v) is 6.63. The van der Waals surface area contributed by atoms with Gasteiger partial charge in [0.15, 0.2) is 0 Å². The Kier molecular flexibility index (Phi) is 32.9. The highest BCUT2D eigenvalue weighted by atomic mass is 79.9. The molecule has 0 N–H and O–H groups in total. The molecule has 0 aliphatic rings. The number of quaternary nitrogens is 1. The Balaban J connectivity index is 0. The smallest absolute Gasteiger partial charge is 0.0886 e. The topological polar surface area (TPSA) is 40.1 Å². The average Bonchev–Trinajstić information content (AvgIpc) is 2.92. The van der Waals surface area contributed by atoms with Gasteiger partial charge in [0.05, 0.1) is 32.7 Å².